The number of hydrogen-bond acceptors (Lipinski definition) is 2. The van der Waals surface area contributed by atoms with Crippen LogP contribution in [0.1, 0.15) is 11.1 Å². The van der Waals surface area contributed by atoms with Gasteiger partial charge in [-0.25, -0.2) is 0 Å². The summed E-state index contributed by atoms with van der Waals surface area (Å²) in [6, 6.07) is 28.6. The Morgan fingerprint density at radius 2 is 0.878 bits per heavy atom. The number of para-hydroxylation sites is 2. The molecule has 0 saturated carbocycles. The van der Waals surface area contributed by atoms with Crippen LogP contribution in [0.2, 0.25) is 0 Å². The van der Waals surface area contributed by atoms with Gasteiger partial charge in [-0.1, -0.05) is 48.5 Å². The van der Waals surface area contributed by atoms with Crippen molar-refractivity contribution < 1.29 is 44.8 Å². The molecule has 2 radical (unpaired) electrons. The van der Waals surface area contributed by atoms with Gasteiger partial charge in [0.05, 0.1) is 0 Å². The van der Waals surface area contributed by atoms with Crippen molar-refractivity contribution in [1.29, 1.82) is 0 Å². The zero-order valence-corrected chi connectivity index (χ0v) is 28.5. The van der Waals surface area contributed by atoms with Crippen LogP contribution >= 0.6 is 0 Å². The molecular weight excluding hydrogens is 870 g/mol. The smallest absolute Gasteiger partial charge is 0.0495 e. The van der Waals surface area contributed by atoms with Crippen molar-refractivity contribution in [2.45, 2.75) is 0 Å². The Bertz CT molecular complexity index is 1710. The van der Waals surface area contributed by atoms with E-state index >= 15 is 0 Å². The Hall–Kier alpha value is -3.00. The summed E-state index contributed by atoms with van der Waals surface area (Å²) < 4.78 is 4.36. The quantitative estimate of drug-likeness (QED) is 0.0844. The van der Waals surface area contributed by atoms with Crippen LogP contribution in [0, 0.1) is 24.7 Å². The number of aryl methyl sites for hydroxylation is 2. The molecule has 0 unspecified atom stereocenters. The monoisotopic (exact) mass is 904 g/mol. The van der Waals surface area contributed by atoms with Gasteiger partial charge in [-0.05, 0) is 51.1 Å². The molecule has 0 spiro atoms. The fourth-order valence-corrected chi connectivity index (χ4v) is 5.06. The average Bonchev–Trinajstić information content (AvgIpc) is 3.39. The minimum atomic E-state index is 0. The van der Waals surface area contributed by atoms with E-state index < -0.39 is 0 Å². The first-order chi connectivity index (χ1) is 18.7. The summed E-state index contributed by atoms with van der Waals surface area (Å²) in [5.41, 5.74) is 6.48. The van der Waals surface area contributed by atoms with E-state index in [1.807, 2.05) is 60.7 Å². The largest absolute Gasteiger partial charge is 0.366 e. The van der Waals surface area contributed by atoms with Crippen molar-refractivity contribution in [2.75, 3.05) is 34.9 Å². The summed E-state index contributed by atoms with van der Waals surface area (Å²) in [4.78, 5) is 4.25. The fourth-order valence-electron chi connectivity index (χ4n) is 5.06. The zero-order chi connectivity index (χ0) is 28.1. The van der Waals surface area contributed by atoms with Gasteiger partial charge in [-0.3, -0.25) is 21.6 Å². The predicted octanol–water partition coefficient (Wildman–Crippen LogP) is 6.60. The van der Waals surface area contributed by atoms with Gasteiger partial charge in [0.15, 0.2) is 0 Å². The van der Waals surface area contributed by atoms with Crippen LogP contribution in [-0.2, 0) is 58.9 Å². The third-order valence-electron chi connectivity index (χ3n) is 6.68. The first kappa shape index (κ1) is 34.2. The SMILES string of the molecule is CN(C)CN(C)C.[Au].[Au].[C-]#Cc1ccc2c(c1)c1ccccc1n2C.[C-]#Cc1ccc2c(c1)c1ccccc1n2C. The van der Waals surface area contributed by atoms with Gasteiger partial charge in [0.25, 0.3) is 0 Å². The number of benzene rings is 4. The molecule has 0 amide bonds. The van der Waals surface area contributed by atoms with Gasteiger partial charge < -0.3 is 22.0 Å². The van der Waals surface area contributed by atoms with Crippen LogP contribution in [0.4, 0.5) is 0 Å². The molecule has 2 heterocycles. The Morgan fingerprint density at radius 3 is 1.20 bits per heavy atom. The van der Waals surface area contributed by atoms with Crippen molar-refractivity contribution in [3.05, 3.63) is 109 Å². The first-order valence-corrected chi connectivity index (χ1v) is 12.8. The van der Waals surface area contributed by atoms with E-state index in [1.165, 1.54) is 43.6 Å². The maximum absolute atomic E-state index is 7.18. The van der Waals surface area contributed by atoms with Crippen LogP contribution in [-0.4, -0.2) is 53.8 Å². The molecule has 2 aromatic heterocycles. The zero-order valence-electron chi connectivity index (χ0n) is 24.2. The number of nitrogens with zero attached hydrogens (tertiary/aromatic N) is 4. The van der Waals surface area contributed by atoms with E-state index in [-0.39, 0.29) is 44.8 Å². The number of rotatable bonds is 2. The average molecular weight is 905 g/mol. The number of aromatic nitrogens is 2. The van der Waals surface area contributed by atoms with Crippen LogP contribution in [0.15, 0.2) is 84.9 Å². The summed E-state index contributed by atoms with van der Waals surface area (Å²) >= 11 is 0. The van der Waals surface area contributed by atoms with Gasteiger partial charge in [0.1, 0.15) is 0 Å². The summed E-state index contributed by atoms with van der Waals surface area (Å²) in [6.07, 6.45) is 14.4. The van der Waals surface area contributed by atoms with Crippen molar-refractivity contribution in [2.24, 2.45) is 14.1 Å². The molecular formula is C35H34Au2N4-2. The standard InChI is InChI=1S/2C15H10N.C5H14N2.2Au/c2*1-3-11-8-9-15-13(10-11)12-6-4-5-7-14(12)16(15)2;1-6(2)5-7(3)4;;/h2*4-10H,2H3;5H2,1-4H3;;/q2*-1;;;. The second-order valence-electron chi connectivity index (χ2n) is 10.2. The first-order valence-electron chi connectivity index (χ1n) is 12.8. The van der Waals surface area contributed by atoms with Gasteiger partial charge in [0.2, 0.25) is 0 Å². The molecule has 6 rings (SSSR count). The van der Waals surface area contributed by atoms with Crippen LogP contribution < -0.4 is 0 Å². The van der Waals surface area contributed by atoms with E-state index in [0.717, 1.165) is 17.8 Å². The normalized spacial score (nSPS) is 10.3. The van der Waals surface area contributed by atoms with E-state index in [1.54, 1.807) is 0 Å². The molecule has 0 N–H and O–H groups in total. The maximum Gasteiger partial charge on any atom is 0.0495 e. The van der Waals surface area contributed by atoms with Crippen molar-refractivity contribution in [1.82, 2.24) is 18.9 Å². The molecule has 0 aliphatic heterocycles. The van der Waals surface area contributed by atoms with Gasteiger partial charge in [-0.2, -0.15) is 0 Å². The van der Waals surface area contributed by atoms with Crippen molar-refractivity contribution in [3.8, 4) is 11.8 Å². The molecule has 218 valence electrons. The topological polar surface area (TPSA) is 16.3 Å². The van der Waals surface area contributed by atoms with Gasteiger partial charge in [0, 0.05) is 98.4 Å². The van der Waals surface area contributed by atoms with Crippen LogP contribution in [0.3, 0.4) is 0 Å². The molecule has 0 atom stereocenters. The Balaban J connectivity index is 0.000000226. The van der Waals surface area contributed by atoms with E-state index in [0.29, 0.717) is 0 Å². The molecule has 6 aromatic rings. The Kier molecular flexibility index (Phi) is 12.8. The third kappa shape index (κ3) is 7.64. The number of fused-ring (bicyclic) bond motifs is 6. The molecule has 41 heavy (non-hydrogen) atoms. The number of hydrogen-bond donors (Lipinski definition) is 0. The third-order valence-corrected chi connectivity index (χ3v) is 6.68. The molecule has 0 fully saturated rings. The summed E-state index contributed by atoms with van der Waals surface area (Å²) in [5, 5.41) is 4.85. The summed E-state index contributed by atoms with van der Waals surface area (Å²) in [6.45, 7) is 1.03. The van der Waals surface area contributed by atoms with Crippen LogP contribution in [0.25, 0.3) is 43.6 Å². The molecule has 4 aromatic carbocycles. The van der Waals surface area contributed by atoms with Crippen molar-refractivity contribution in [3.63, 3.8) is 0 Å². The Labute approximate surface area is 275 Å². The summed E-state index contributed by atoms with van der Waals surface area (Å²) in [7, 11) is 12.4. The molecule has 0 aliphatic carbocycles. The molecule has 4 nitrogen and oxygen atoms in total. The fraction of sp³-hybridized carbons (Fsp3) is 0.200. The van der Waals surface area contributed by atoms with Crippen LogP contribution in [0.5, 0.6) is 0 Å². The molecule has 0 saturated heterocycles. The minimum absolute atomic E-state index is 0. The molecule has 0 aliphatic rings. The Morgan fingerprint density at radius 1 is 0.537 bits per heavy atom. The van der Waals surface area contributed by atoms with E-state index in [4.69, 9.17) is 12.8 Å². The molecule has 0 bridgehead atoms. The predicted molar refractivity (Wildman–Crippen MR) is 166 cm³/mol. The van der Waals surface area contributed by atoms with E-state index in [9.17, 15) is 0 Å². The van der Waals surface area contributed by atoms with E-state index in [2.05, 4.69) is 97.3 Å². The maximum atomic E-state index is 7.18. The minimum Gasteiger partial charge on any atom is -0.366 e. The van der Waals surface area contributed by atoms with Gasteiger partial charge in [-0.15, -0.1) is 35.4 Å². The molecule has 6 heteroatoms. The second-order valence-corrected chi connectivity index (χ2v) is 10.2. The second kappa shape index (κ2) is 15.3. The van der Waals surface area contributed by atoms with Crippen molar-refractivity contribution >= 4 is 43.6 Å². The summed E-state index contributed by atoms with van der Waals surface area (Å²) in [5.74, 6) is 4.87. The van der Waals surface area contributed by atoms with Gasteiger partial charge >= 0.3 is 0 Å².